The molecule has 176 valence electrons. The summed E-state index contributed by atoms with van der Waals surface area (Å²) in [5, 5.41) is 0. The lowest BCUT2D eigenvalue weighted by atomic mass is 9.79. The monoisotopic (exact) mass is 454 g/mol. The van der Waals surface area contributed by atoms with Crippen LogP contribution in [0.2, 0.25) is 0 Å². The number of hydrogen-bond donors (Lipinski definition) is 0. The summed E-state index contributed by atoms with van der Waals surface area (Å²) >= 11 is 0. The number of carbonyl (C=O) groups is 1. The molecule has 3 aromatic rings. The summed E-state index contributed by atoms with van der Waals surface area (Å²) in [6.45, 7) is 1.14. The third kappa shape index (κ3) is 5.19. The van der Waals surface area contributed by atoms with Gasteiger partial charge in [0.2, 0.25) is 0 Å². The van der Waals surface area contributed by atoms with Crippen LogP contribution >= 0.6 is 0 Å². The van der Waals surface area contributed by atoms with Gasteiger partial charge in [-0.1, -0.05) is 30.3 Å². The molecule has 7 heteroatoms. The van der Waals surface area contributed by atoms with E-state index >= 15 is 0 Å². The van der Waals surface area contributed by atoms with Crippen molar-refractivity contribution in [3.05, 3.63) is 64.3 Å². The first-order chi connectivity index (χ1) is 16.0. The molecule has 0 N–H and O–H groups in total. The van der Waals surface area contributed by atoms with Gasteiger partial charge in [-0.3, -0.25) is 13.9 Å². The SMILES string of the molecule is COCCOc1cc2c(cc1F)n(C)c(=O)n2CC1CCC(C(=O)Cc2ccccc2)CC1. The van der Waals surface area contributed by atoms with Gasteiger partial charge in [-0.05, 0) is 37.2 Å². The van der Waals surface area contributed by atoms with Crippen molar-refractivity contribution in [2.45, 2.75) is 38.6 Å². The molecule has 1 fully saturated rings. The van der Waals surface area contributed by atoms with Gasteiger partial charge in [0.05, 0.1) is 17.6 Å². The number of aromatic nitrogens is 2. The van der Waals surface area contributed by atoms with Crippen molar-refractivity contribution in [3.8, 4) is 5.75 Å². The first kappa shape index (κ1) is 23.2. The second-order valence-corrected chi connectivity index (χ2v) is 8.91. The minimum atomic E-state index is -0.496. The summed E-state index contributed by atoms with van der Waals surface area (Å²) in [6, 6.07) is 12.8. The Morgan fingerprint density at radius 1 is 1.06 bits per heavy atom. The summed E-state index contributed by atoms with van der Waals surface area (Å²) in [5.74, 6) is 0.311. The molecule has 0 amide bonds. The molecule has 4 rings (SSSR count). The number of aryl methyl sites for hydroxylation is 1. The maximum atomic E-state index is 14.5. The number of imidazole rings is 1. The van der Waals surface area contributed by atoms with E-state index in [0.717, 1.165) is 31.2 Å². The Morgan fingerprint density at radius 2 is 1.79 bits per heavy atom. The number of rotatable bonds is 9. The Morgan fingerprint density at radius 3 is 2.48 bits per heavy atom. The molecule has 33 heavy (non-hydrogen) atoms. The molecule has 1 aliphatic carbocycles. The van der Waals surface area contributed by atoms with Crippen molar-refractivity contribution in [2.75, 3.05) is 20.3 Å². The van der Waals surface area contributed by atoms with E-state index in [1.807, 2.05) is 30.3 Å². The molecule has 0 bridgehead atoms. The first-order valence-electron chi connectivity index (χ1n) is 11.5. The van der Waals surface area contributed by atoms with Gasteiger partial charge in [-0.25, -0.2) is 9.18 Å². The molecular formula is C26H31FN2O4. The average molecular weight is 455 g/mol. The Bertz CT molecular complexity index is 1160. The van der Waals surface area contributed by atoms with Gasteiger partial charge >= 0.3 is 5.69 Å². The van der Waals surface area contributed by atoms with Crippen LogP contribution in [0.15, 0.2) is 47.3 Å². The van der Waals surface area contributed by atoms with Crippen LogP contribution in [-0.4, -0.2) is 35.2 Å². The first-order valence-corrected chi connectivity index (χ1v) is 11.5. The van der Waals surface area contributed by atoms with Crippen molar-refractivity contribution in [1.82, 2.24) is 9.13 Å². The van der Waals surface area contributed by atoms with Gasteiger partial charge in [0.25, 0.3) is 0 Å². The summed E-state index contributed by atoms with van der Waals surface area (Å²) in [5.41, 5.74) is 2.10. The lowest BCUT2D eigenvalue weighted by molar-refractivity contribution is -0.123. The van der Waals surface area contributed by atoms with Crippen LogP contribution in [0.5, 0.6) is 5.75 Å². The normalized spacial score (nSPS) is 18.5. The second-order valence-electron chi connectivity index (χ2n) is 8.91. The number of nitrogens with zero attached hydrogens (tertiary/aromatic N) is 2. The smallest absolute Gasteiger partial charge is 0.328 e. The second kappa shape index (κ2) is 10.3. The Kier molecular flexibility index (Phi) is 7.28. The highest BCUT2D eigenvalue weighted by molar-refractivity contribution is 5.83. The molecule has 1 heterocycles. The van der Waals surface area contributed by atoms with Gasteiger partial charge in [0, 0.05) is 45.2 Å². The summed E-state index contributed by atoms with van der Waals surface area (Å²) < 4.78 is 28.1. The van der Waals surface area contributed by atoms with Crippen molar-refractivity contribution < 1.29 is 18.7 Å². The quantitative estimate of drug-likeness (QED) is 0.456. The minimum absolute atomic E-state index is 0.0839. The maximum Gasteiger partial charge on any atom is 0.328 e. The van der Waals surface area contributed by atoms with Crippen molar-refractivity contribution >= 4 is 16.8 Å². The van der Waals surface area contributed by atoms with Crippen LogP contribution in [0, 0.1) is 17.7 Å². The van der Waals surface area contributed by atoms with E-state index in [1.54, 1.807) is 24.8 Å². The van der Waals surface area contributed by atoms with Crippen LogP contribution in [0.3, 0.4) is 0 Å². The predicted octanol–water partition coefficient (Wildman–Crippen LogP) is 4.12. The average Bonchev–Trinajstić information content (AvgIpc) is 3.04. The van der Waals surface area contributed by atoms with Crippen LogP contribution in [-0.2, 0) is 29.5 Å². The largest absolute Gasteiger partial charge is 0.488 e. The fourth-order valence-corrected chi connectivity index (χ4v) is 4.79. The highest BCUT2D eigenvalue weighted by atomic mass is 19.1. The zero-order valence-electron chi connectivity index (χ0n) is 19.3. The summed E-state index contributed by atoms with van der Waals surface area (Å²) in [4.78, 5) is 25.6. The van der Waals surface area contributed by atoms with Crippen molar-refractivity contribution in [2.24, 2.45) is 18.9 Å². The van der Waals surface area contributed by atoms with E-state index in [2.05, 4.69) is 0 Å². The molecule has 0 unspecified atom stereocenters. The highest BCUT2D eigenvalue weighted by Gasteiger charge is 2.27. The topological polar surface area (TPSA) is 62.5 Å². The van der Waals surface area contributed by atoms with Gasteiger partial charge in [0.1, 0.15) is 12.4 Å². The number of fused-ring (bicyclic) bond motifs is 1. The summed E-state index contributed by atoms with van der Waals surface area (Å²) in [7, 11) is 3.22. The lowest BCUT2D eigenvalue weighted by Crippen LogP contribution is -2.29. The molecular weight excluding hydrogens is 423 g/mol. The number of ether oxygens (including phenoxy) is 2. The Hall–Kier alpha value is -2.93. The van der Waals surface area contributed by atoms with Crippen molar-refractivity contribution in [3.63, 3.8) is 0 Å². The molecule has 0 spiro atoms. The van der Waals surface area contributed by atoms with E-state index in [0.29, 0.717) is 42.3 Å². The number of ketones is 1. The lowest BCUT2D eigenvalue weighted by Gasteiger charge is -2.28. The van der Waals surface area contributed by atoms with Gasteiger partial charge in [0.15, 0.2) is 11.6 Å². The van der Waals surface area contributed by atoms with Crippen LogP contribution < -0.4 is 10.4 Å². The molecule has 1 saturated carbocycles. The third-order valence-electron chi connectivity index (χ3n) is 6.71. The molecule has 1 aliphatic rings. The number of benzene rings is 2. The minimum Gasteiger partial charge on any atom is -0.488 e. The van der Waals surface area contributed by atoms with E-state index < -0.39 is 5.82 Å². The molecule has 1 aromatic heterocycles. The third-order valence-corrected chi connectivity index (χ3v) is 6.71. The molecule has 0 radical (unpaired) electrons. The van der Waals surface area contributed by atoms with E-state index in [1.165, 1.54) is 10.6 Å². The summed E-state index contributed by atoms with van der Waals surface area (Å²) in [6.07, 6.45) is 3.96. The fraction of sp³-hybridized carbons (Fsp3) is 0.462. The standard InChI is InChI=1S/C26H31FN2O4/c1-28-22-15-21(27)25(33-13-12-32-2)16-23(22)29(26(28)31)17-19-8-10-20(11-9-19)24(30)14-18-6-4-3-5-7-18/h3-7,15-16,19-20H,8-14,17H2,1-2H3. The molecule has 0 saturated heterocycles. The maximum absolute atomic E-state index is 14.5. The number of Topliss-reactive ketones (excluding diaryl/α,β-unsaturated/α-hetero) is 1. The molecule has 6 nitrogen and oxygen atoms in total. The molecule has 0 aliphatic heterocycles. The van der Waals surface area contributed by atoms with Gasteiger partial charge < -0.3 is 9.47 Å². The Balaban J connectivity index is 1.44. The van der Waals surface area contributed by atoms with E-state index in [9.17, 15) is 14.0 Å². The van der Waals surface area contributed by atoms with E-state index in [-0.39, 0.29) is 24.0 Å². The Labute approximate surface area is 192 Å². The number of carbonyl (C=O) groups excluding carboxylic acids is 1. The van der Waals surface area contributed by atoms with Gasteiger partial charge in [-0.2, -0.15) is 0 Å². The van der Waals surface area contributed by atoms with E-state index in [4.69, 9.17) is 9.47 Å². The van der Waals surface area contributed by atoms with Crippen molar-refractivity contribution in [1.29, 1.82) is 0 Å². The molecule has 2 aromatic carbocycles. The molecule has 0 atom stereocenters. The fourth-order valence-electron chi connectivity index (χ4n) is 4.79. The number of halogens is 1. The zero-order valence-corrected chi connectivity index (χ0v) is 19.3. The zero-order chi connectivity index (χ0) is 23.4. The number of hydrogen-bond acceptors (Lipinski definition) is 4. The number of methoxy groups -OCH3 is 1. The van der Waals surface area contributed by atoms with Crippen LogP contribution in [0.25, 0.3) is 11.0 Å². The predicted molar refractivity (Wildman–Crippen MR) is 125 cm³/mol. The van der Waals surface area contributed by atoms with Crippen LogP contribution in [0.4, 0.5) is 4.39 Å². The van der Waals surface area contributed by atoms with Crippen LogP contribution in [0.1, 0.15) is 31.2 Å². The highest BCUT2D eigenvalue weighted by Crippen LogP contribution is 2.32. The van der Waals surface area contributed by atoms with Gasteiger partial charge in [-0.15, -0.1) is 0 Å².